The van der Waals surface area contributed by atoms with E-state index in [-0.39, 0.29) is 16.3 Å². The summed E-state index contributed by atoms with van der Waals surface area (Å²) >= 11 is 6.83. The van der Waals surface area contributed by atoms with Crippen LogP contribution in [0.1, 0.15) is 37.1 Å². The largest absolute Gasteiger partial charge is 0.379 e. The predicted molar refractivity (Wildman–Crippen MR) is 97.2 cm³/mol. The molecule has 4 rings (SSSR count). The normalized spacial score (nSPS) is 25.1. The van der Waals surface area contributed by atoms with Crippen molar-refractivity contribution in [2.24, 2.45) is 0 Å². The van der Waals surface area contributed by atoms with Gasteiger partial charge in [-0.1, -0.05) is 11.3 Å². The number of alkyl halides is 2. The molecule has 3 heterocycles. The zero-order chi connectivity index (χ0) is 18.1. The van der Waals surface area contributed by atoms with Gasteiger partial charge in [-0.3, -0.25) is 4.90 Å². The van der Waals surface area contributed by atoms with Crippen LogP contribution < -0.4 is 5.32 Å². The molecule has 2 aromatic rings. The van der Waals surface area contributed by atoms with Crippen LogP contribution in [0.3, 0.4) is 0 Å². The number of rotatable bonds is 4. The Morgan fingerprint density at radius 1 is 1.12 bits per heavy atom. The zero-order valence-corrected chi connectivity index (χ0v) is 15.7. The highest BCUT2D eigenvalue weighted by atomic mass is 35.5. The highest BCUT2D eigenvalue weighted by Gasteiger charge is 2.28. The summed E-state index contributed by atoms with van der Waals surface area (Å²) in [4.78, 5) is 15.1. The van der Waals surface area contributed by atoms with Gasteiger partial charge < -0.3 is 10.1 Å². The van der Waals surface area contributed by atoms with E-state index in [1.165, 1.54) is 0 Å². The lowest BCUT2D eigenvalue weighted by atomic mass is 9.90. The maximum Gasteiger partial charge on any atom is 0.289 e. The average molecular weight is 404 g/mol. The summed E-state index contributed by atoms with van der Waals surface area (Å²) in [7, 11) is 0. The van der Waals surface area contributed by atoms with Crippen molar-refractivity contribution in [3.05, 3.63) is 10.3 Å². The van der Waals surface area contributed by atoms with Crippen LogP contribution in [0.2, 0.25) is 5.28 Å². The lowest BCUT2D eigenvalue weighted by Gasteiger charge is -2.39. The van der Waals surface area contributed by atoms with Crippen molar-refractivity contribution >= 4 is 39.1 Å². The van der Waals surface area contributed by atoms with Gasteiger partial charge in [-0.2, -0.15) is 4.98 Å². The lowest BCUT2D eigenvalue weighted by Crippen LogP contribution is -2.46. The number of halogens is 3. The number of nitrogens with zero attached hydrogens (tertiary/aromatic N) is 4. The van der Waals surface area contributed by atoms with Crippen LogP contribution in [-0.2, 0) is 4.74 Å². The van der Waals surface area contributed by atoms with Crippen molar-refractivity contribution in [1.29, 1.82) is 0 Å². The average Bonchev–Trinajstić information content (AvgIpc) is 3.08. The number of thiazole rings is 1. The van der Waals surface area contributed by atoms with E-state index in [4.69, 9.17) is 16.3 Å². The van der Waals surface area contributed by atoms with E-state index in [1.54, 1.807) is 0 Å². The molecule has 6 nitrogen and oxygen atoms in total. The molecule has 0 unspecified atom stereocenters. The van der Waals surface area contributed by atoms with E-state index >= 15 is 0 Å². The minimum atomic E-state index is -2.62. The molecule has 10 heteroatoms. The minimum absolute atomic E-state index is 0.0477. The monoisotopic (exact) mass is 403 g/mol. The molecule has 2 aromatic heterocycles. The Kier molecular flexibility index (Phi) is 5.49. The fourth-order valence-electron chi connectivity index (χ4n) is 3.73. The molecule has 0 spiro atoms. The Morgan fingerprint density at radius 3 is 2.54 bits per heavy atom. The first-order valence-electron chi connectivity index (χ1n) is 8.80. The van der Waals surface area contributed by atoms with Gasteiger partial charge in [0.15, 0.2) is 15.7 Å². The third-order valence-corrected chi connectivity index (χ3v) is 6.16. The van der Waals surface area contributed by atoms with E-state index in [1.807, 2.05) is 0 Å². The van der Waals surface area contributed by atoms with Crippen molar-refractivity contribution in [1.82, 2.24) is 19.9 Å². The van der Waals surface area contributed by atoms with Crippen molar-refractivity contribution in [2.45, 2.75) is 44.2 Å². The molecule has 1 aliphatic heterocycles. The zero-order valence-electron chi connectivity index (χ0n) is 14.1. The van der Waals surface area contributed by atoms with Gasteiger partial charge in [0.25, 0.3) is 6.43 Å². The summed E-state index contributed by atoms with van der Waals surface area (Å²) in [5.41, 5.74) is 0.380. The summed E-state index contributed by atoms with van der Waals surface area (Å²) in [5.74, 6) is 0.456. The number of anilines is 1. The van der Waals surface area contributed by atoms with Gasteiger partial charge in [-0.25, -0.2) is 18.7 Å². The lowest BCUT2D eigenvalue weighted by molar-refractivity contribution is 0.00791. The molecular weight excluding hydrogens is 384 g/mol. The molecule has 142 valence electrons. The molecule has 2 aliphatic rings. The second-order valence-electron chi connectivity index (χ2n) is 6.65. The molecule has 0 bridgehead atoms. The predicted octanol–water partition coefficient (Wildman–Crippen LogP) is 3.73. The van der Waals surface area contributed by atoms with Gasteiger partial charge >= 0.3 is 0 Å². The van der Waals surface area contributed by atoms with Gasteiger partial charge in [-0.05, 0) is 37.3 Å². The summed E-state index contributed by atoms with van der Waals surface area (Å²) < 4.78 is 31.3. The third-order valence-electron chi connectivity index (χ3n) is 5.03. The maximum atomic E-state index is 12.9. The van der Waals surface area contributed by atoms with Crippen LogP contribution >= 0.6 is 22.9 Å². The first kappa shape index (κ1) is 18.2. The molecule has 1 saturated carbocycles. The summed E-state index contributed by atoms with van der Waals surface area (Å²) in [6.07, 6.45) is 1.57. The number of nitrogens with one attached hydrogen (secondary N) is 1. The summed E-state index contributed by atoms with van der Waals surface area (Å²) in [6, 6.07) is 0.828. The van der Waals surface area contributed by atoms with Gasteiger partial charge in [0, 0.05) is 25.2 Å². The van der Waals surface area contributed by atoms with E-state index in [9.17, 15) is 8.78 Å². The fourth-order valence-corrected chi connectivity index (χ4v) is 4.74. The quantitative estimate of drug-likeness (QED) is 0.785. The highest BCUT2D eigenvalue weighted by Crippen LogP contribution is 2.33. The molecule has 26 heavy (non-hydrogen) atoms. The van der Waals surface area contributed by atoms with Crippen molar-refractivity contribution in [3.8, 4) is 0 Å². The topological polar surface area (TPSA) is 63.2 Å². The number of morpholine rings is 1. The van der Waals surface area contributed by atoms with Crippen molar-refractivity contribution in [2.75, 3.05) is 31.6 Å². The molecular formula is C16H20ClF2N5OS. The number of hydrogen-bond donors (Lipinski definition) is 1. The Labute approximate surface area is 158 Å². The second kappa shape index (κ2) is 7.84. The minimum Gasteiger partial charge on any atom is -0.379 e. The Bertz CT molecular complexity index is 762. The van der Waals surface area contributed by atoms with Gasteiger partial charge in [-0.15, -0.1) is 0 Å². The van der Waals surface area contributed by atoms with E-state index < -0.39 is 6.43 Å². The van der Waals surface area contributed by atoms with Crippen LogP contribution in [0.4, 0.5) is 14.6 Å². The Balaban J connectivity index is 1.44. The molecule has 0 amide bonds. The Hall–Kier alpha value is -1.16. The highest BCUT2D eigenvalue weighted by molar-refractivity contribution is 7.18. The Morgan fingerprint density at radius 2 is 1.85 bits per heavy atom. The van der Waals surface area contributed by atoms with Crippen LogP contribution in [0.25, 0.3) is 10.3 Å². The molecule has 1 N–H and O–H groups in total. The van der Waals surface area contributed by atoms with Crippen molar-refractivity contribution in [3.63, 3.8) is 0 Å². The van der Waals surface area contributed by atoms with Crippen LogP contribution in [0, 0.1) is 0 Å². The van der Waals surface area contributed by atoms with E-state index in [2.05, 4.69) is 25.2 Å². The number of aromatic nitrogens is 3. The SMILES string of the molecule is FC(F)c1nc2c(N[C@H]3CC[C@H](N4CCOCC4)CC3)nc(Cl)nc2s1. The molecule has 0 atom stereocenters. The van der Waals surface area contributed by atoms with Gasteiger partial charge in [0.05, 0.1) is 13.2 Å². The molecule has 1 saturated heterocycles. The van der Waals surface area contributed by atoms with Crippen LogP contribution in [-0.4, -0.2) is 58.2 Å². The second-order valence-corrected chi connectivity index (χ2v) is 7.99. The molecule has 0 radical (unpaired) electrons. The molecule has 0 aromatic carbocycles. The van der Waals surface area contributed by atoms with Crippen LogP contribution in [0.5, 0.6) is 0 Å². The smallest absolute Gasteiger partial charge is 0.289 e. The number of fused-ring (bicyclic) bond motifs is 1. The maximum absolute atomic E-state index is 12.9. The number of hydrogen-bond acceptors (Lipinski definition) is 7. The standard InChI is InChI=1S/C16H20ClF2N5OS/c17-16-22-13(11-14(23-16)26-15(21-11)12(18)19)20-9-1-3-10(4-2-9)24-5-7-25-8-6-24/h9-10,12H,1-8H2,(H,20,22,23)/t9-,10-. The first-order chi connectivity index (χ1) is 12.6. The van der Waals surface area contributed by atoms with Crippen LogP contribution in [0.15, 0.2) is 0 Å². The third kappa shape index (κ3) is 3.90. The van der Waals surface area contributed by atoms with Crippen molar-refractivity contribution < 1.29 is 13.5 Å². The van der Waals surface area contributed by atoms with Gasteiger partial charge in [0.1, 0.15) is 5.52 Å². The van der Waals surface area contributed by atoms with E-state index in [0.717, 1.165) is 63.3 Å². The van der Waals surface area contributed by atoms with E-state index in [0.29, 0.717) is 22.2 Å². The summed E-state index contributed by atoms with van der Waals surface area (Å²) in [6.45, 7) is 3.62. The van der Waals surface area contributed by atoms with Gasteiger partial charge in [0.2, 0.25) is 5.28 Å². The fraction of sp³-hybridized carbons (Fsp3) is 0.688. The molecule has 1 aliphatic carbocycles. The number of ether oxygens (including phenoxy) is 1. The first-order valence-corrected chi connectivity index (χ1v) is 10.00. The summed E-state index contributed by atoms with van der Waals surface area (Å²) in [5, 5.41) is 3.15. The molecule has 2 fully saturated rings.